The molecule has 1 heterocycles. The first kappa shape index (κ1) is 11.2. The second-order valence-corrected chi connectivity index (χ2v) is 3.75. The molecule has 1 rings (SSSR count). The number of anilines is 1. The number of rotatable bonds is 4. The summed E-state index contributed by atoms with van der Waals surface area (Å²) >= 11 is 6.01. The third-order valence-electron chi connectivity index (χ3n) is 2.06. The Hall–Kier alpha value is -0.830. The highest BCUT2D eigenvalue weighted by Crippen LogP contribution is 2.14. The van der Waals surface area contributed by atoms with Crippen molar-refractivity contribution in [2.75, 3.05) is 5.32 Å². The van der Waals surface area contributed by atoms with Crippen molar-refractivity contribution in [1.29, 1.82) is 0 Å². The zero-order chi connectivity index (χ0) is 10.6. The van der Waals surface area contributed by atoms with Gasteiger partial charge in [0, 0.05) is 12.2 Å². The van der Waals surface area contributed by atoms with Crippen LogP contribution in [-0.2, 0) is 0 Å². The van der Waals surface area contributed by atoms with Gasteiger partial charge < -0.3 is 5.32 Å². The molecule has 0 aromatic carbocycles. The molecule has 0 aliphatic carbocycles. The number of nitrogens with zero attached hydrogens (tertiary/aromatic N) is 1. The average molecular weight is 217 g/mol. The molecule has 4 heteroatoms. The summed E-state index contributed by atoms with van der Waals surface area (Å²) in [5, 5.41) is 2.93. The van der Waals surface area contributed by atoms with Crippen LogP contribution in [-0.4, -0.2) is 16.4 Å². The van der Waals surface area contributed by atoms with Crippen LogP contribution in [0.5, 0.6) is 0 Å². The minimum atomic E-state index is -0.348. The molecule has 78 valence electrons. The maximum absolute atomic E-state index is 13.1. The number of halogens is 2. The smallest absolute Gasteiger partial charge is 0.165 e. The minimum absolute atomic E-state index is 0.00562. The lowest BCUT2D eigenvalue weighted by Gasteiger charge is -2.18. The van der Waals surface area contributed by atoms with Crippen molar-refractivity contribution in [1.82, 2.24) is 4.98 Å². The fourth-order valence-electron chi connectivity index (χ4n) is 1.15. The van der Waals surface area contributed by atoms with Gasteiger partial charge in [-0.05, 0) is 25.5 Å². The Morgan fingerprint density at radius 3 is 2.93 bits per heavy atom. The van der Waals surface area contributed by atoms with Crippen LogP contribution in [0.25, 0.3) is 0 Å². The molecule has 1 N–H and O–H groups in total. The Kier molecular flexibility index (Phi) is 4.14. The lowest BCUT2D eigenvalue weighted by Crippen LogP contribution is -2.26. The number of nitrogens with one attached hydrogen (secondary N) is 1. The molecular weight excluding hydrogens is 203 g/mol. The molecule has 2 atom stereocenters. The van der Waals surface area contributed by atoms with E-state index in [2.05, 4.69) is 10.3 Å². The van der Waals surface area contributed by atoms with E-state index < -0.39 is 0 Å². The molecule has 2 unspecified atom stereocenters. The summed E-state index contributed by atoms with van der Waals surface area (Å²) < 4.78 is 13.1. The number of alkyl halides is 1. The van der Waals surface area contributed by atoms with E-state index in [4.69, 9.17) is 11.6 Å². The van der Waals surface area contributed by atoms with Crippen LogP contribution in [0.2, 0.25) is 0 Å². The molecular formula is C10H14ClFN2. The van der Waals surface area contributed by atoms with Gasteiger partial charge in [0.25, 0.3) is 0 Å². The maximum Gasteiger partial charge on any atom is 0.165 e. The first-order chi connectivity index (χ1) is 6.65. The van der Waals surface area contributed by atoms with Crippen LogP contribution < -0.4 is 5.32 Å². The van der Waals surface area contributed by atoms with Crippen molar-refractivity contribution in [2.24, 2.45) is 0 Å². The second kappa shape index (κ2) is 5.15. The van der Waals surface area contributed by atoms with E-state index >= 15 is 0 Å². The normalized spacial score (nSPS) is 14.9. The summed E-state index contributed by atoms with van der Waals surface area (Å²) in [7, 11) is 0. The van der Waals surface area contributed by atoms with Gasteiger partial charge >= 0.3 is 0 Å². The van der Waals surface area contributed by atoms with Crippen LogP contribution in [0.1, 0.15) is 20.3 Å². The molecule has 14 heavy (non-hydrogen) atoms. The Labute approximate surface area is 88.5 Å². The van der Waals surface area contributed by atoms with E-state index in [-0.39, 0.29) is 23.1 Å². The summed E-state index contributed by atoms with van der Waals surface area (Å²) in [4.78, 5) is 3.89. The molecule has 0 aliphatic heterocycles. The summed E-state index contributed by atoms with van der Waals surface area (Å²) in [6.45, 7) is 3.90. The van der Waals surface area contributed by atoms with Crippen LogP contribution in [0.15, 0.2) is 18.3 Å². The van der Waals surface area contributed by atoms with Crippen LogP contribution >= 0.6 is 11.6 Å². The Morgan fingerprint density at radius 2 is 2.36 bits per heavy atom. The number of pyridine rings is 1. The quantitative estimate of drug-likeness (QED) is 0.783. The van der Waals surface area contributed by atoms with Crippen molar-refractivity contribution >= 4 is 17.4 Å². The number of hydrogen-bond donors (Lipinski definition) is 1. The third kappa shape index (κ3) is 2.84. The standard InChI is InChI=1S/C10H14ClFN2/c1-3-8(11)7(2)14-10-9(12)5-4-6-13-10/h4-8H,3H2,1-2H3,(H,13,14). The fourth-order valence-corrected chi connectivity index (χ4v) is 1.21. The highest BCUT2D eigenvalue weighted by atomic mass is 35.5. The van der Waals surface area contributed by atoms with Crippen molar-refractivity contribution in [2.45, 2.75) is 31.7 Å². The van der Waals surface area contributed by atoms with Gasteiger partial charge in [-0.2, -0.15) is 0 Å². The predicted octanol–water partition coefficient (Wildman–Crippen LogP) is 3.04. The molecule has 2 nitrogen and oxygen atoms in total. The largest absolute Gasteiger partial charge is 0.364 e. The van der Waals surface area contributed by atoms with Crippen molar-refractivity contribution in [3.63, 3.8) is 0 Å². The Balaban J connectivity index is 2.64. The van der Waals surface area contributed by atoms with E-state index in [0.29, 0.717) is 0 Å². The molecule has 0 fully saturated rings. The predicted molar refractivity (Wildman–Crippen MR) is 57.2 cm³/mol. The van der Waals surface area contributed by atoms with E-state index in [9.17, 15) is 4.39 Å². The van der Waals surface area contributed by atoms with Crippen molar-refractivity contribution in [3.8, 4) is 0 Å². The zero-order valence-corrected chi connectivity index (χ0v) is 9.05. The summed E-state index contributed by atoms with van der Waals surface area (Å²) in [5.41, 5.74) is 0. The molecule has 0 saturated heterocycles. The average Bonchev–Trinajstić information content (AvgIpc) is 2.20. The molecule has 0 radical (unpaired) electrons. The monoisotopic (exact) mass is 216 g/mol. The molecule has 0 amide bonds. The zero-order valence-electron chi connectivity index (χ0n) is 8.30. The van der Waals surface area contributed by atoms with Gasteiger partial charge in [0.1, 0.15) is 0 Å². The Bertz CT molecular complexity index is 293. The first-order valence-corrected chi connectivity index (χ1v) is 5.10. The topological polar surface area (TPSA) is 24.9 Å². The fraction of sp³-hybridized carbons (Fsp3) is 0.500. The third-order valence-corrected chi connectivity index (χ3v) is 2.74. The summed E-state index contributed by atoms with van der Waals surface area (Å²) in [6, 6.07) is 2.94. The van der Waals surface area contributed by atoms with Crippen molar-refractivity contribution in [3.05, 3.63) is 24.1 Å². The van der Waals surface area contributed by atoms with Gasteiger partial charge in [0.05, 0.1) is 5.38 Å². The summed E-state index contributed by atoms with van der Waals surface area (Å²) in [6.07, 6.45) is 2.39. The molecule has 0 saturated carbocycles. The number of hydrogen-bond acceptors (Lipinski definition) is 2. The van der Waals surface area contributed by atoms with E-state index in [1.807, 2.05) is 13.8 Å². The molecule has 0 aliphatic rings. The van der Waals surface area contributed by atoms with Crippen LogP contribution in [0.3, 0.4) is 0 Å². The molecule has 1 aromatic heterocycles. The van der Waals surface area contributed by atoms with Gasteiger partial charge in [-0.1, -0.05) is 6.92 Å². The van der Waals surface area contributed by atoms with Crippen molar-refractivity contribution < 1.29 is 4.39 Å². The lowest BCUT2D eigenvalue weighted by atomic mass is 10.2. The van der Waals surface area contributed by atoms with E-state index in [1.54, 1.807) is 12.3 Å². The van der Waals surface area contributed by atoms with Gasteiger partial charge in [-0.25, -0.2) is 9.37 Å². The van der Waals surface area contributed by atoms with Crippen LogP contribution in [0.4, 0.5) is 10.2 Å². The lowest BCUT2D eigenvalue weighted by molar-refractivity contribution is 0.614. The van der Waals surface area contributed by atoms with E-state index in [1.165, 1.54) is 6.07 Å². The SMILES string of the molecule is CCC(Cl)C(C)Nc1ncccc1F. The van der Waals surface area contributed by atoms with Gasteiger partial charge in [0.15, 0.2) is 11.6 Å². The van der Waals surface area contributed by atoms with Gasteiger partial charge in [-0.3, -0.25) is 0 Å². The van der Waals surface area contributed by atoms with E-state index in [0.717, 1.165) is 6.42 Å². The molecule has 1 aromatic rings. The maximum atomic E-state index is 13.1. The molecule has 0 bridgehead atoms. The Morgan fingerprint density at radius 1 is 1.64 bits per heavy atom. The minimum Gasteiger partial charge on any atom is -0.364 e. The highest BCUT2D eigenvalue weighted by Gasteiger charge is 2.13. The number of aromatic nitrogens is 1. The first-order valence-electron chi connectivity index (χ1n) is 4.66. The van der Waals surface area contributed by atoms with Gasteiger partial charge in [0.2, 0.25) is 0 Å². The highest BCUT2D eigenvalue weighted by molar-refractivity contribution is 6.21. The second-order valence-electron chi connectivity index (χ2n) is 3.19. The van der Waals surface area contributed by atoms with Gasteiger partial charge in [-0.15, -0.1) is 11.6 Å². The molecule has 0 spiro atoms. The summed E-state index contributed by atoms with van der Waals surface area (Å²) in [5.74, 6) is -0.0848. The van der Waals surface area contributed by atoms with Crippen LogP contribution in [0, 0.1) is 5.82 Å².